The third kappa shape index (κ3) is 6.16. The number of guanidine groups is 1. The molecule has 0 spiro atoms. The van der Waals surface area contributed by atoms with Gasteiger partial charge in [-0.15, -0.1) is 4.99 Å². The minimum atomic E-state index is -0.994. The Morgan fingerprint density at radius 3 is 2.13 bits per heavy atom. The third-order valence-electron chi connectivity index (χ3n) is 3.67. The zero-order valence-electron chi connectivity index (χ0n) is 16.5. The SMILES string of the molecule is COC(=O)N=C(NC(=O)OC)Nc1cc(C(=O)c2ccccc2)ccc1NC(C)=O. The van der Waals surface area contributed by atoms with Crippen molar-refractivity contribution < 1.29 is 28.7 Å². The fourth-order valence-electron chi connectivity index (χ4n) is 2.34. The van der Waals surface area contributed by atoms with Gasteiger partial charge in [0.15, 0.2) is 5.78 Å². The van der Waals surface area contributed by atoms with Gasteiger partial charge in [-0.2, -0.15) is 0 Å². The number of ketones is 1. The summed E-state index contributed by atoms with van der Waals surface area (Å²) in [7, 11) is 2.25. The first-order chi connectivity index (χ1) is 14.3. The standard InChI is InChI=1S/C20H20N4O6/c1-12(25)21-15-10-9-14(17(26)13-7-5-4-6-8-13)11-16(15)22-18(23-19(27)29-2)24-20(28)30-3/h4-11H,1-3H3,(H,21,25)(H2,22,23,24,27,28). The second-order valence-corrected chi connectivity index (χ2v) is 5.81. The Morgan fingerprint density at radius 2 is 1.53 bits per heavy atom. The van der Waals surface area contributed by atoms with Crippen LogP contribution < -0.4 is 16.0 Å². The molecule has 0 aliphatic carbocycles. The van der Waals surface area contributed by atoms with E-state index in [1.807, 2.05) is 0 Å². The van der Waals surface area contributed by atoms with Crippen molar-refractivity contribution in [1.82, 2.24) is 5.32 Å². The first-order valence-electron chi connectivity index (χ1n) is 8.64. The van der Waals surface area contributed by atoms with Gasteiger partial charge in [0, 0.05) is 18.1 Å². The lowest BCUT2D eigenvalue weighted by Crippen LogP contribution is -2.36. The molecule has 10 nitrogen and oxygen atoms in total. The lowest BCUT2D eigenvalue weighted by Gasteiger charge is -2.15. The zero-order chi connectivity index (χ0) is 22.1. The maximum Gasteiger partial charge on any atom is 0.436 e. The van der Waals surface area contributed by atoms with Crippen molar-refractivity contribution >= 4 is 41.2 Å². The topological polar surface area (TPSA) is 135 Å². The number of benzene rings is 2. The van der Waals surface area contributed by atoms with Crippen LogP contribution in [-0.2, 0) is 14.3 Å². The van der Waals surface area contributed by atoms with Gasteiger partial charge in [-0.3, -0.25) is 14.9 Å². The number of methoxy groups -OCH3 is 2. The molecule has 30 heavy (non-hydrogen) atoms. The molecular weight excluding hydrogens is 392 g/mol. The van der Waals surface area contributed by atoms with E-state index in [9.17, 15) is 19.2 Å². The van der Waals surface area contributed by atoms with Crippen LogP contribution in [0.3, 0.4) is 0 Å². The molecule has 0 saturated heterocycles. The van der Waals surface area contributed by atoms with Gasteiger partial charge in [0.25, 0.3) is 0 Å². The summed E-state index contributed by atoms with van der Waals surface area (Å²) in [6, 6.07) is 13.1. The Bertz CT molecular complexity index is 988. The molecule has 0 aliphatic rings. The zero-order valence-corrected chi connectivity index (χ0v) is 16.5. The number of anilines is 2. The number of carbonyl (C=O) groups excluding carboxylic acids is 4. The van der Waals surface area contributed by atoms with Crippen LogP contribution in [0.4, 0.5) is 21.0 Å². The predicted octanol–water partition coefficient (Wildman–Crippen LogP) is 2.77. The van der Waals surface area contributed by atoms with Gasteiger partial charge in [0.2, 0.25) is 11.9 Å². The second kappa shape index (κ2) is 10.4. The predicted molar refractivity (Wildman–Crippen MR) is 110 cm³/mol. The van der Waals surface area contributed by atoms with Gasteiger partial charge >= 0.3 is 12.2 Å². The highest BCUT2D eigenvalue weighted by molar-refractivity contribution is 6.12. The van der Waals surface area contributed by atoms with Gasteiger partial charge in [-0.25, -0.2) is 9.59 Å². The minimum Gasteiger partial charge on any atom is -0.453 e. The van der Waals surface area contributed by atoms with Crippen molar-refractivity contribution in [2.24, 2.45) is 4.99 Å². The van der Waals surface area contributed by atoms with Gasteiger partial charge < -0.3 is 20.1 Å². The Hall–Kier alpha value is -4.21. The lowest BCUT2D eigenvalue weighted by molar-refractivity contribution is -0.114. The summed E-state index contributed by atoms with van der Waals surface area (Å²) in [5.41, 5.74) is 1.25. The molecule has 3 amide bonds. The third-order valence-corrected chi connectivity index (χ3v) is 3.67. The fraction of sp³-hybridized carbons (Fsp3) is 0.150. The molecule has 0 bridgehead atoms. The average Bonchev–Trinajstić information content (AvgIpc) is 2.74. The van der Waals surface area contributed by atoms with Crippen LogP contribution in [0.2, 0.25) is 0 Å². The summed E-state index contributed by atoms with van der Waals surface area (Å²) in [6.45, 7) is 1.31. The van der Waals surface area contributed by atoms with E-state index >= 15 is 0 Å². The van der Waals surface area contributed by atoms with Crippen LogP contribution in [0.5, 0.6) is 0 Å². The summed E-state index contributed by atoms with van der Waals surface area (Å²) >= 11 is 0. The van der Waals surface area contributed by atoms with Crippen molar-refractivity contribution in [2.75, 3.05) is 24.9 Å². The highest BCUT2D eigenvalue weighted by atomic mass is 16.5. The van der Waals surface area contributed by atoms with Crippen molar-refractivity contribution in [3.63, 3.8) is 0 Å². The number of alkyl carbamates (subject to hydrolysis) is 1. The number of carbonyl (C=O) groups is 4. The van der Waals surface area contributed by atoms with E-state index in [1.54, 1.807) is 30.3 Å². The van der Waals surface area contributed by atoms with Crippen molar-refractivity contribution in [3.05, 3.63) is 59.7 Å². The molecule has 0 aromatic heterocycles. The number of ether oxygens (including phenoxy) is 2. The molecule has 156 valence electrons. The fourth-order valence-corrected chi connectivity index (χ4v) is 2.34. The van der Waals surface area contributed by atoms with E-state index in [0.717, 1.165) is 14.2 Å². The van der Waals surface area contributed by atoms with Gasteiger partial charge in [-0.1, -0.05) is 30.3 Å². The molecular formula is C20H20N4O6. The Morgan fingerprint density at radius 1 is 0.833 bits per heavy atom. The maximum atomic E-state index is 12.8. The molecule has 0 saturated carbocycles. The number of nitrogens with one attached hydrogen (secondary N) is 3. The van der Waals surface area contributed by atoms with E-state index < -0.39 is 12.2 Å². The average molecular weight is 412 g/mol. The first kappa shape index (κ1) is 22.1. The molecule has 0 aliphatic heterocycles. The van der Waals surface area contributed by atoms with Crippen LogP contribution in [0.1, 0.15) is 22.8 Å². The molecule has 2 rings (SSSR count). The molecule has 10 heteroatoms. The number of hydrogen-bond donors (Lipinski definition) is 3. The summed E-state index contributed by atoms with van der Waals surface area (Å²) < 4.78 is 8.97. The first-order valence-corrected chi connectivity index (χ1v) is 8.64. The number of amides is 3. The Balaban J connectivity index is 2.46. The molecule has 2 aromatic carbocycles. The van der Waals surface area contributed by atoms with Crippen LogP contribution in [0.15, 0.2) is 53.5 Å². The summed E-state index contributed by atoms with van der Waals surface area (Å²) in [4.78, 5) is 51.0. The summed E-state index contributed by atoms with van der Waals surface area (Å²) in [5, 5.41) is 7.51. The summed E-state index contributed by atoms with van der Waals surface area (Å²) in [6.07, 6.45) is -1.89. The number of nitrogens with zero attached hydrogens (tertiary/aromatic N) is 1. The molecule has 2 aromatic rings. The highest BCUT2D eigenvalue weighted by Gasteiger charge is 2.16. The molecule has 0 atom stereocenters. The Kier molecular flexibility index (Phi) is 7.63. The van der Waals surface area contributed by atoms with Crippen LogP contribution in [0.25, 0.3) is 0 Å². The van der Waals surface area contributed by atoms with E-state index in [-0.39, 0.29) is 29.0 Å². The normalized spacial score (nSPS) is 10.6. The minimum absolute atomic E-state index is 0.200. The van der Waals surface area contributed by atoms with Crippen LogP contribution in [0, 0.1) is 0 Å². The van der Waals surface area contributed by atoms with E-state index in [4.69, 9.17) is 0 Å². The monoisotopic (exact) mass is 412 g/mol. The van der Waals surface area contributed by atoms with E-state index in [2.05, 4.69) is 30.4 Å². The van der Waals surface area contributed by atoms with Gasteiger partial charge in [0.1, 0.15) is 0 Å². The number of hydrogen-bond acceptors (Lipinski definition) is 6. The van der Waals surface area contributed by atoms with Crippen molar-refractivity contribution in [2.45, 2.75) is 6.92 Å². The lowest BCUT2D eigenvalue weighted by atomic mass is 10.0. The van der Waals surface area contributed by atoms with Gasteiger partial charge in [-0.05, 0) is 18.2 Å². The van der Waals surface area contributed by atoms with Crippen molar-refractivity contribution in [1.29, 1.82) is 0 Å². The van der Waals surface area contributed by atoms with E-state index in [1.165, 1.54) is 25.1 Å². The Labute approximate surface area is 172 Å². The maximum absolute atomic E-state index is 12.8. The molecule has 0 radical (unpaired) electrons. The number of rotatable bonds is 4. The van der Waals surface area contributed by atoms with Crippen molar-refractivity contribution in [3.8, 4) is 0 Å². The smallest absolute Gasteiger partial charge is 0.436 e. The second-order valence-electron chi connectivity index (χ2n) is 5.81. The van der Waals surface area contributed by atoms with Crippen LogP contribution in [-0.4, -0.2) is 44.1 Å². The van der Waals surface area contributed by atoms with E-state index in [0.29, 0.717) is 11.1 Å². The van der Waals surface area contributed by atoms with Crippen LogP contribution >= 0.6 is 0 Å². The quantitative estimate of drug-likeness (QED) is 0.399. The summed E-state index contributed by atoms with van der Waals surface area (Å²) in [5.74, 6) is -0.961. The number of aliphatic imine (C=N–C) groups is 1. The largest absolute Gasteiger partial charge is 0.453 e. The molecule has 0 fully saturated rings. The molecule has 0 unspecified atom stereocenters. The molecule has 3 N–H and O–H groups in total. The van der Waals surface area contributed by atoms with Gasteiger partial charge in [0.05, 0.1) is 25.6 Å². The molecule has 0 heterocycles. The highest BCUT2D eigenvalue weighted by Crippen LogP contribution is 2.25.